The Kier molecular flexibility index (Phi) is 2.42. The van der Waals surface area contributed by atoms with Gasteiger partial charge in [0.1, 0.15) is 0 Å². The minimum Gasteiger partial charge on any atom is -0.364 e. The molecule has 1 aromatic rings. The zero-order valence-electron chi connectivity index (χ0n) is 5.82. The summed E-state index contributed by atoms with van der Waals surface area (Å²) in [4.78, 5) is 0. The first-order valence-corrected chi connectivity index (χ1v) is 3.10. The zero-order valence-corrected chi connectivity index (χ0v) is 5.82. The summed E-state index contributed by atoms with van der Waals surface area (Å²) in [5.74, 6) is 0. The molecule has 0 fully saturated rings. The minimum atomic E-state index is -0.791. The number of aliphatic hydroxyl groups excluding tert-OH is 1. The van der Waals surface area contributed by atoms with Crippen molar-refractivity contribution in [1.82, 2.24) is 0 Å². The molecule has 0 saturated carbocycles. The molecule has 10 heavy (non-hydrogen) atoms. The minimum absolute atomic E-state index is 0.782. The number of hydrogen-bond donors (Lipinski definition) is 1. The maximum absolute atomic E-state index is 9.11. The maximum Gasteiger partial charge on any atom is 0.180 e. The summed E-state index contributed by atoms with van der Waals surface area (Å²) in [5.41, 5.74) is 0.782. The highest BCUT2D eigenvalue weighted by atomic mass is 16.6. The van der Waals surface area contributed by atoms with Crippen molar-refractivity contribution in [2.45, 2.75) is 6.29 Å². The molecular weight excluding hydrogens is 128 g/mol. The second-order valence-corrected chi connectivity index (χ2v) is 2.00. The molecule has 2 heteroatoms. The lowest BCUT2D eigenvalue weighted by atomic mass is 10.2. The number of benzene rings is 1. The van der Waals surface area contributed by atoms with Gasteiger partial charge < -0.3 is 9.84 Å². The topological polar surface area (TPSA) is 29.5 Å². The van der Waals surface area contributed by atoms with Crippen LogP contribution in [0, 0.1) is 0 Å². The molecule has 0 aliphatic rings. The van der Waals surface area contributed by atoms with E-state index in [2.05, 4.69) is 0 Å². The van der Waals surface area contributed by atoms with Crippen LogP contribution in [-0.2, 0) is 4.74 Å². The van der Waals surface area contributed by atoms with Gasteiger partial charge in [-0.25, -0.2) is 0 Å². The van der Waals surface area contributed by atoms with Crippen molar-refractivity contribution < 1.29 is 9.84 Å². The van der Waals surface area contributed by atoms with Gasteiger partial charge in [-0.15, -0.1) is 0 Å². The fraction of sp³-hybridized carbons (Fsp3) is 0.250. The molecule has 1 atom stereocenters. The van der Waals surface area contributed by atoms with E-state index in [9.17, 15) is 0 Å². The van der Waals surface area contributed by atoms with E-state index >= 15 is 0 Å². The average molecular weight is 138 g/mol. The maximum atomic E-state index is 9.11. The lowest BCUT2D eigenvalue weighted by Gasteiger charge is -2.06. The molecule has 0 aliphatic carbocycles. The summed E-state index contributed by atoms with van der Waals surface area (Å²) in [6.07, 6.45) is -0.791. The summed E-state index contributed by atoms with van der Waals surface area (Å²) >= 11 is 0. The van der Waals surface area contributed by atoms with E-state index < -0.39 is 6.29 Å². The predicted octanol–water partition coefficient (Wildman–Crippen LogP) is 1.32. The van der Waals surface area contributed by atoms with Gasteiger partial charge in [-0.05, 0) is 0 Å². The molecule has 1 rings (SSSR count). The number of methoxy groups -OCH3 is 1. The van der Waals surface area contributed by atoms with E-state index in [1.54, 1.807) is 0 Å². The third-order valence-electron chi connectivity index (χ3n) is 1.31. The standard InChI is InChI=1S/C8H10O2/c1-10-8(9)7-5-3-2-4-6-7/h2-6,8-9H,1H3/t8-/m1/s1. The highest BCUT2D eigenvalue weighted by molar-refractivity contribution is 5.15. The Morgan fingerprint density at radius 2 is 1.90 bits per heavy atom. The molecule has 54 valence electrons. The first-order valence-electron chi connectivity index (χ1n) is 3.10. The van der Waals surface area contributed by atoms with Gasteiger partial charge >= 0.3 is 0 Å². The molecule has 0 aromatic heterocycles. The Bertz CT molecular complexity index is 184. The van der Waals surface area contributed by atoms with Crippen molar-refractivity contribution in [1.29, 1.82) is 0 Å². The quantitative estimate of drug-likeness (QED) is 0.624. The Labute approximate surface area is 60.1 Å². The molecule has 0 bridgehead atoms. The third-order valence-corrected chi connectivity index (χ3v) is 1.31. The third kappa shape index (κ3) is 1.56. The van der Waals surface area contributed by atoms with Crippen LogP contribution in [0.15, 0.2) is 30.3 Å². The van der Waals surface area contributed by atoms with Crippen LogP contribution >= 0.6 is 0 Å². The summed E-state index contributed by atoms with van der Waals surface area (Å²) < 4.78 is 4.69. The molecule has 2 nitrogen and oxygen atoms in total. The average Bonchev–Trinajstić information content (AvgIpc) is 2.05. The van der Waals surface area contributed by atoms with E-state index in [1.165, 1.54) is 7.11 Å². The van der Waals surface area contributed by atoms with Crippen LogP contribution in [0.1, 0.15) is 11.9 Å². The van der Waals surface area contributed by atoms with Gasteiger partial charge in [-0.1, -0.05) is 30.3 Å². The fourth-order valence-electron chi connectivity index (χ4n) is 0.754. The summed E-state index contributed by atoms with van der Waals surface area (Å²) in [6, 6.07) is 9.24. The molecule has 0 aliphatic heterocycles. The fourth-order valence-corrected chi connectivity index (χ4v) is 0.754. The van der Waals surface area contributed by atoms with Crippen molar-refractivity contribution in [3.05, 3.63) is 35.9 Å². The van der Waals surface area contributed by atoms with Gasteiger partial charge in [-0.3, -0.25) is 0 Å². The van der Waals surface area contributed by atoms with Gasteiger partial charge in [0.15, 0.2) is 6.29 Å². The van der Waals surface area contributed by atoms with Gasteiger partial charge in [0.05, 0.1) is 0 Å². The second kappa shape index (κ2) is 3.34. The van der Waals surface area contributed by atoms with E-state index in [1.807, 2.05) is 30.3 Å². The lowest BCUT2D eigenvalue weighted by molar-refractivity contribution is -0.0769. The molecule has 0 heterocycles. The highest BCUT2D eigenvalue weighted by Gasteiger charge is 2.01. The van der Waals surface area contributed by atoms with Crippen molar-refractivity contribution in [2.24, 2.45) is 0 Å². The van der Waals surface area contributed by atoms with E-state index in [4.69, 9.17) is 9.84 Å². The van der Waals surface area contributed by atoms with Gasteiger partial charge in [0, 0.05) is 12.7 Å². The van der Waals surface area contributed by atoms with Gasteiger partial charge in [0.25, 0.3) is 0 Å². The molecule has 0 saturated heterocycles. The molecule has 0 unspecified atom stereocenters. The summed E-state index contributed by atoms with van der Waals surface area (Å²) in [5, 5.41) is 9.11. The van der Waals surface area contributed by atoms with E-state index in [0.29, 0.717) is 0 Å². The van der Waals surface area contributed by atoms with E-state index in [0.717, 1.165) is 5.56 Å². The highest BCUT2D eigenvalue weighted by Crippen LogP contribution is 2.10. The number of rotatable bonds is 2. The molecule has 0 radical (unpaired) electrons. The van der Waals surface area contributed by atoms with Crippen LogP contribution in [-0.4, -0.2) is 12.2 Å². The van der Waals surface area contributed by atoms with Crippen LogP contribution in [0.3, 0.4) is 0 Å². The number of ether oxygens (including phenoxy) is 1. The zero-order chi connectivity index (χ0) is 7.40. The van der Waals surface area contributed by atoms with E-state index in [-0.39, 0.29) is 0 Å². The van der Waals surface area contributed by atoms with Crippen molar-refractivity contribution in [2.75, 3.05) is 7.11 Å². The summed E-state index contributed by atoms with van der Waals surface area (Å²) in [6.45, 7) is 0. The Balaban J connectivity index is 2.75. The molecule has 0 amide bonds. The molecule has 1 N–H and O–H groups in total. The molecule has 0 spiro atoms. The van der Waals surface area contributed by atoms with Gasteiger partial charge in [-0.2, -0.15) is 0 Å². The van der Waals surface area contributed by atoms with Crippen molar-refractivity contribution >= 4 is 0 Å². The number of aliphatic hydroxyl groups is 1. The Hall–Kier alpha value is -0.860. The first-order chi connectivity index (χ1) is 4.84. The first kappa shape index (κ1) is 7.25. The predicted molar refractivity (Wildman–Crippen MR) is 38.4 cm³/mol. The van der Waals surface area contributed by atoms with Crippen LogP contribution < -0.4 is 0 Å². The lowest BCUT2D eigenvalue weighted by Crippen LogP contribution is -1.97. The van der Waals surface area contributed by atoms with Crippen LogP contribution in [0.5, 0.6) is 0 Å². The normalized spacial score (nSPS) is 13.0. The number of hydrogen-bond acceptors (Lipinski definition) is 2. The van der Waals surface area contributed by atoms with Crippen molar-refractivity contribution in [3.63, 3.8) is 0 Å². The van der Waals surface area contributed by atoms with Gasteiger partial charge in [0.2, 0.25) is 0 Å². The summed E-state index contributed by atoms with van der Waals surface area (Å²) in [7, 11) is 1.47. The van der Waals surface area contributed by atoms with Crippen LogP contribution in [0.2, 0.25) is 0 Å². The molecular formula is C8H10O2. The van der Waals surface area contributed by atoms with Crippen molar-refractivity contribution in [3.8, 4) is 0 Å². The Morgan fingerprint density at radius 1 is 1.30 bits per heavy atom. The largest absolute Gasteiger partial charge is 0.364 e. The monoisotopic (exact) mass is 138 g/mol. The van der Waals surface area contributed by atoms with Crippen LogP contribution in [0.4, 0.5) is 0 Å². The van der Waals surface area contributed by atoms with Crippen LogP contribution in [0.25, 0.3) is 0 Å². The SMILES string of the molecule is CO[C@@H](O)c1ccccc1. The second-order valence-electron chi connectivity index (χ2n) is 2.00. The smallest absolute Gasteiger partial charge is 0.180 e. The Morgan fingerprint density at radius 3 is 2.40 bits per heavy atom. The molecule has 1 aromatic carbocycles.